The van der Waals surface area contributed by atoms with Gasteiger partial charge in [-0.05, 0) is 245 Å². The number of aromatic nitrogens is 5. The number of anilines is 5. The average molecular weight is 2020 g/mol. The molecule has 9 aromatic rings. The number of amidine groups is 3. The van der Waals surface area contributed by atoms with Gasteiger partial charge in [0.15, 0.2) is 10.9 Å². The maximum Gasteiger partial charge on any atom is 0.310 e. The predicted molar refractivity (Wildman–Crippen MR) is 521 cm³/mol. The Bertz CT molecular complexity index is 6570. The van der Waals surface area contributed by atoms with Crippen LogP contribution in [0.4, 0.5) is 63.5 Å². The molecule has 38 heteroatoms. The topological polar surface area (TPSA) is 329 Å². The van der Waals surface area contributed by atoms with Crippen molar-refractivity contribution in [2.45, 2.75) is 182 Å². The molecule has 1 aliphatic carbocycles. The second kappa shape index (κ2) is 44.0. The van der Waals surface area contributed by atoms with E-state index in [1.54, 1.807) is 57.5 Å². The first-order chi connectivity index (χ1) is 67.6. The lowest BCUT2D eigenvalue weighted by molar-refractivity contribution is -0.156. The number of hydrogen-bond donors (Lipinski definition) is 8. The first-order valence-electron chi connectivity index (χ1n) is 47.2. The Labute approximate surface area is 828 Å². The van der Waals surface area contributed by atoms with Gasteiger partial charge in [0.1, 0.15) is 81.5 Å². The van der Waals surface area contributed by atoms with Crippen LogP contribution in [0.5, 0.6) is 0 Å². The van der Waals surface area contributed by atoms with E-state index in [2.05, 4.69) is 61.2 Å². The van der Waals surface area contributed by atoms with Crippen LogP contribution in [0.3, 0.4) is 0 Å². The summed E-state index contributed by atoms with van der Waals surface area (Å²) in [5, 5.41) is 54.8. The van der Waals surface area contributed by atoms with Crippen LogP contribution >= 0.6 is 57.7 Å². The van der Waals surface area contributed by atoms with Crippen molar-refractivity contribution in [3.8, 4) is 0 Å². The first kappa shape index (κ1) is 97.6. The number of halogens is 12. The maximum atomic E-state index is 14.8. The van der Waals surface area contributed by atoms with Gasteiger partial charge in [-0.25, -0.2) is 60.0 Å². The first-order valence-corrected chi connectivity index (χ1v) is 47.6. The van der Waals surface area contributed by atoms with Crippen molar-refractivity contribution in [3.05, 3.63) is 280 Å². The summed E-state index contributed by atoms with van der Waals surface area (Å²) in [4.78, 5) is 104. The fraction of sp³-hybridized carbons (Fsp3) is 0.396. The fourth-order valence-corrected chi connectivity index (χ4v) is 20.0. The highest BCUT2D eigenvalue weighted by Gasteiger charge is 2.52. The molecule has 1 saturated carbocycles. The van der Waals surface area contributed by atoms with Crippen molar-refractivity contribution in [1.29, 1.82) is 0 Å². The number of thiazole rings is 1. The minimum absolute atomic E-state index is 0.00305. The zero-order chi connectivity index (χ0) is 103. The molecule has 734 valence electrons. The van der Waals surface area contributed by atoms with Gasteiger partial charge < -0.3 is 46.6 Å². The summed E-state index contributed by atoms with van der Waals surface area (Å²) < 4.78 is 152. The number of carbonyl (C=O) groups is 5. The summed E-state index contributed by atoms with van der Waals surface area (Å²) in [6, 6.07) is 27.0. The average Bonchev–Trinajstić information content (AvgIpc) is 1.68. The standard InChI is InChI=1S/C27H29ClF2N4O2.C25H25ClF2N4O3.C25H27ClF2N4O2.C24H25ClF2N4O2S/c1-16-12-27(26(35)36,9-10-34(16)15-18-3-2-4-20(28)25(18)30)13-22-21(29)7-8-23(32-22)33-24-11-19(14-31-24)17-5-6-17;1-14-10-21(29-13-14)31-20-7-6-18(27)19(30-20)12-25(24(34)35)8-9-32(15(2)11-25)23(33)16-4-3-5-17(26)22(16)28;1-15-10-22(29-13-15)31-21-7-6-19(27)20(30-21)12-25(24(33)34)8-9-32(16(2)11-25)14-17-4-3-5-18(26)23(17)28;1-23(2)14-24(21(32)33,8-10-31(23)13-15-4-3-5-16(25)20(15)27)12-18-17(26)6-7-19(29-18)30-22-28-9-11-34-22/h2-4,7-8,11,16-17H,5-6,9-10,12-15H2,1H3,(H,35,36)(H,31,32,33);3-7,10,15H,8-9,11-13H2,1-2H3,(H,34,35)(H,29,30,31);3-7,10,16H,8-9,11-14H2,1-2H3,(H,33,34)(H,29,30,31);3-7,9,11H,8,10,12-14H2,1-2H3,(H,32,33)(H,28,29,30)/i;;14D2;13D2. The lowest BCUT2D eigenvalue weighted by Gasteiger charge is -2.50. The third-order valence-corrected chi connectivity index (χ3v) is 28.3. The molecule has 1 amide bonds. The number of aliphatic imine (C=N–C) groups is 3. The SMILES string of the molecule is CC1=CC(Nc2ccc(F)c(CC3(C(=O)O)CCN(C(=O)c4cccc(Cl)c4F)C(C)C3)n2)=NC1.CC1CC(Cc2nc(NC3=NCC(C4CC4)=C3)ccc2F)(C(=O)O)CCN1Cc1cccc(Cl)c1F.[2H]C([2H])(c1cccc(Cl)c1F)N1CCC(Cc2nc(NC3=NCC(C)=C3)ccc2F)(C(=O)O)CC1C.[2H]C([2H])(c1cccc(Cl)c1F)N1CCC(Cc2nc(Nc3nccs3)ccc2F)(C(=O)O)CC1(C)C. The second-order valence-corrected chi connectivity index (χ2v) is 39.7. The number of benzene rings is 4. The van der Waals surface area contributed by atoms with E-state index < -0.39 is 129 Å². The zero-order valence-electron chi connectivity index (χ0n) is 80.9. The Hall–Kier alpha value is -11.6. The van der Waals surface area contributed by atoms with Crippen molar-refractivity contribution in [2.24, 2.45) is 42.6 Å². The highest BCUT2D eigenvalue weighted by Crippen LogP contribution is 2.48. The number of aliphatic carboxylic acids is 4. The van der Waals surface area contributed by atoms with Gasteiger partial charge in [0, 0.05) is 116 Å². The van der Waals surface area contributed by atoms with Crippen LogP contribution in [-0.2, 0) is 64.4 Å². The third-order valence-electron chi connectivity index (χ3n) is 26.4. The minimum Gasteiger partial charge on any atom is -0.481 e. The van der Waals surface area contributed by atoms with E-state index in [1.807, 2.05) is 43.9 Å². The molecule has 0 spiro atoms. The number of amides is 1. The maximum absolute atomic E-state index is 14.8. The summed E-state index contributed by atoms with van der Waals surface area (Å²) in [6.45, 7) is 10.8. The molecule has 4 aromatic carbocycles. The minimum atomic E-state index is -2.26. The molecule has 0 radical (unpaired) electrons. The highest BCUT2D eigenvalue weighted by molar-refractivity contribution is 7.13. The lowest BCUT2D eigenvalue weighted by Crippen LogP contribution is -2.56. The number of carbonyl (C=O) groups excluding carboxylic acids is 1. The molecule has 4 saturated heterocycles. The number of carboxylic acids is 4. The van der Waals surface area contributed by atoms with E-state index in [4.69, 9.17) is 51.9 Å². The second-order valence-electron chi connectivity index (χ2n) is 37.2. The summed E-state index contributed by atoms with van der Waals surface area (Å²) in [7, 11) is 0. The zero-order valence-corrected chi connectivity index (χ0v) is 80.8. The van der Waals surface area contributed by atoms with Crippen LogP contribution in [0.1, 0.15) is 168 Å². The van der Waals surface area contributed by atoms with Crippen LogP contribution in [0.25, 0.3) is 0 Å². The normalized spacial score (nSPS) is 23.0. The van der Waals surface area contributed by atoms with Crippen LogP contribution in [0, 0.1) is 74.1 Å². The summed E-state index contributed by atoms with van der Waals surface area (Å²) in [5.74, 6) is -6.17. The molecule has 139 heavy (non-hydrogen) atoms. The molecule has 12 heterocycles. The van der Waals surface area contributed by atoms with E-state index in [0.717, 1.165) is 11.1 Å². The largest absolute Gasteiger partial charge is 0.481 e. The van der Waals surface area contributed by atoms with E-state index in [-0.39, 0.29) is 149 Å². The number of rotatable bonds is 25. The van der Waals surface area contributed by atoms with Crippen LogP contribution in [0.15, 0.2) is 183 Å². The number of nitrogens with one attached hydrogen (secondary N) is 4. The van der Waals surface area contributed by atoms with E-state index in [1.165, 1.54) is 148 Å². The molecule has 7 unspecified atom stereocenters. The van der Waals surface area contributed by atoms with Crippen molar-refractivity contribution >= 4 is 133 Å². The third kappa shape index (κ3) is 24.9. The number of carboxylic acid groups (broad SMARTS) is 4. The summed E-state index contributed by atoms with van der Waals surface area (Å²) in [6.07, 6.45) is 10.0. The number of pyridine rings is 4. The molecule has 7 aliphatic heterocycles. The molecule has 8 N–H and O–H groups in total. The quantitative estimate of drug-likeness (QED) is 0.0246. The molecule has 5 fully saturated rings. The highest BCUT2D eigenvalue weighted by atomic mass is 35.5. The summed E-state index contributed by atoms with van der Waals surface area (Å²) in [5.41, 5.74) is -2.85. The van der Waals surface area contributed by atoms with Gasteiger partial charge in [-0.2, -0.15) is 0 Å². The van der Waals surface area contributed by atoms with Crippen molar-refractivity contribution in [1.82, 2.24) is 44.5 Å². The van der Waals surface area contributed by atoms with Crippen LogP contribution in [0.2, 0.25) is 20.1 Å². The van der Waals surface area contributed by atoms with E-state index in [0.29, 0.717) is 103 Å². The van der Waals surface area contributed by atoms with Gasteiger partial charge in [-0.1, -0.05) is 88.9 Å². The number of hydrogen-bond acceptors (Lipinski definition) is 21. The van der Waals surface area contributed by atoms with Gasteiger partial charge in [-0.15, -0.1) is 11.3 Å². The van der Waals surface area contributed by atoms with Gasteiger partial charge >= 0.3 is 23.9 Å². The van der Waals surface area contributed by atoms with Gasteiger partial charge in [0.05, 0.1) is 89.7 Å². The van der Waals surface area contributed by atoms with E-state index in [9.17, 15) is 79.5 Å². The van der Waals surface area contributed by atoms with Crippen LogP contribution in [-0.4, -0.2) is 182 Å². The number of nitrogens with zero attached hydrogens (tertiary/aromatic N) is 12. The fourth-order valence-electron chi connectivity index (χ4n) is 18.7. The number of likely N-dealkylation sites (tertiary alicyclic amines) is 4. The molecule has 17 rings (SSSR count). The van der Waals surface area contributed by atoms with Crippen molar-refractivity contribution in [2.75, 3.05) is 67.1 Å². The Morgan fingerprint density at radius 1 is 0.460 bits per heavy atom. The smallest absolute Gasteiger partial charge is 0.310 e. The Morgan fingerprint density at radius 3 is 1.27 bits per heavy atom. The molecule has 7 atom stereocenters. The molecule has 0 bridgehead atoms. The van der Waals surface area contributed by atoms with Crippen molar-refractivity contribution in [3.63, 3.8) is 0 Å². The molecule has 25 nitrogen and oxygen atoms in total. The predicted octanol–water partition coefficient (Wildman–Crippen LogP) is 21.2. The molecule has 8 aliphatic rings. The van der Waals surface area contributed by atoms with Crippen LogP contribution < -0.4 is 21.3 Å². The van der Waals surface area contributed by atoms with E-state index >= 15 is 0 Å². The Balaban J connectivity index is 0.000000151. The Morgan fingerprint density at radius 2 is 0.849 bits per heavy atom. The lowest BCUT2D eigenvalue weighted by atomic mass is 9.68. The Kier molecular flexibility index (Phi) is 30.9. The molecular weight excluding hydrogens is 1910 g/mol. The molecule has 5 aromatic heterocycles. The summed E-state index contributed by atoms with van der Waals surface area (Å²) >= 11 is 24.8. The van der Waals surface area contributed by atoms with Gasteiger partial charge in [-0.3, -0.25) is 53.6 Å². The monoisotopic (exact) mass is 2010 g/mol. The van der Waals surface area contributed by atoms with Crippen molar-refractivity contribution < 1.29 is 85.0 Å². The number of piperidine rings is 4. The van der Waals surface area contributed by atoms with Gasteiger partial charge in [0.2, 0.25) is 0 Å². The molecular formula is C101H106Cl4F8N16O9S. The van der Waals surface area contributed by atoms with Gasteiger partial charge in [0.25, 0.3) is 5.91 Å².